The summed E-state index contributed by atoms with van der Waals surface area (Å²) in [6.07, 6.45) is 1.68. The van der Waals surface area contributed by atoms with Gasteiger partial charge in [0.15, 0.2) is 0 Å². The molecule has 3 nitrogen and oxygen atoms in total. The normalized spacial score (nSPS) is 10.8. The Labute approximate surface area is 83.1 Å². The molecular formula is C9H15N3S. The number of nitrogens with zero attached hydrogens (tertiary/aromatic N) is 2. The van der Waals surface area contributed by atoms with E-state index in [-0.39, 0.29) is 0 Å². The Morgan fingerprint density at radius 2 is 2.31 bits per heavy atom. The highest BCUT2D eigenvalue weighted by atomic mass is 32.2. The quantitative estimate of drug-likeness (QED) is 0.746. The lowest BCUT2D eigenvalue weighted by atomic mass is 10.3. The summed E-state index contributed by atoms with van der Waals surface area (Å²) in [6, 6.07) is 1.93. The third-order valence-electron chi connectivity index (χ3n) is 1.54. The predicted molar refractivity (Wildman–Crippen MR) is 55.5 cm³/mol. The highest BCUT2D eigenvalue weighted by molar-refractivity contribution is 7.99. The Kier molecular flexibility index (Phi) is 4.18. The van der Waals surface area contributed by atoms with Crippen LogP contribution < -0.4 is 5.73 Å². The Balaban J connectivity index is 2.64. The zero-order valence-corrected chi connectivity index (χ0v) is 8.84. The second-order valence-corrected chi connectivity index (χ2v) is 4.28. The second kappa shape index (κ2) is 5.19. The summed E-state index contributed by atoms with van der Waals surface area (Å²) in [6.45, 7) is 4.91. The summed E-state index contributed by atoms with van der Waals surface area (Å²) >= 11 is 1.73. The Hall–Kier alpha value is -0.610. The third kappa shape index (κ3) is 3.32. The fourth-order valence-electron chi connectivity index (χ4n) is 0.867. The molecule has 0 aliphatic rings. The first kappa shape index (κ1) is 10.5. The van der Waals surface area contributed by atoms with Gasteiger partial charge in [-0.25, -0.2) is 0 Å². The van der Waals surface area contributed by atoms with Gasteiger partial charge in [-0.3, -0.25) is 0 Å². The third-order valence-corrected chi connectivity index (χ3v) is 2.99. The number of nitrogens with two attached hydrogens (primary N) is 1. The van der Waals surface area contributed by atoms with Crippen molar-refractivity contribution in [1.29, 1.82) is 0 Å². The minimum atomic E-state index is 0.538. The van der Waals surface area contributed by atoms with Crippen LogP contribution in [-0.2, 0) is 6.54 Å². The summed E-state index contributed by atoms with van der Waals surface area (Å²) in [7, 11) is 0. The van der Waals surface area contributed by atoms with E-state index in [1.165, 1.54) is 0 Å². The van der Waals surface area contributed by atoms with Crippen molar-refractivity contribution in [3.63, 3.8) is 0 Å². The number of rotatable bonds is 4. The minimum absolute atomic E-state index is 0.538. The molecule has 13 heavy (non-hydrogen) atoms. The van der Waals surface area contributed by atoms with Crippen LogP contribution in [0.5, 0.6) is 0 Å². The van der Waals surface area contributed by atoms with Gasteiger partial charge >= 0.3 is 0 Å². The molecule has 0 radical (unpaired) electrons. The van der Waals surface area contributed by atoms with E-state index < -0.39 is 0 Å². The highest BCUT2D eigenvalue weighted by Gasteiger charge is 2.04. The smallest absolute Gasteiger partial charge is 0.123 e. The molecule has 0 aliphatic heterocycles. The van der Waals surface area contributed by atoms with E-state index in [2.05, 4.69) is 24.0 Å². The molecule has 0 unspecified atom stereocenters. The lowest BCUT2D eigenvalue weighted by Crippen LogP contribution is -2.02. The van der Waals surface area contributed by atoms with Gasteiger partial charge in [-0.2, -0.15) is 5.10 Å². The van der Waals surface area contributed by atoms with Gasteiger partial charge in [0.25, 0.3) is 0 Å². The largest absolute Gasteiger partial charge is 0.326 e. The monoisotopic (exact) mass is 197 g/mol. The predicted octanol–water partition coefficient (Wildman–Crippen LogP) is 1.68. The molecule has 0 bridgehead atoms. The zero-order chi connectivity index (χ0) is 9.68. The summed E-state index contributed by atoms with van der Waals surface area (Å²) in [5, 5.41) is 8.87. The van der Waals surface area contributed by atoms with Crippen molar-refractivity contribution < 1.29 is 0 Å². The molecule has 0 atom stereocenters. The van der Waals surface area contributed by atoms with Crippen molar-refractivity contribution >= 4 is 11.8 Å². The molecule has 4 heteroatoms. The summed E-state index contributed by atoms with van der Waals surface area (Å²) in [5.41, 5.74) is 6.66. The van der Waals surface area contributed by atoms with Crippen molar-refractivity contribution in [2.24, 2.45) is 11.7 Å². The Morgan fingerprint density at radius 1 is 1.54 bits per heavy atom. The fraction of sp³-hybridized carbons (Fsp3) is 0.556. The topological polar surface area (TPSA) is 51.8 Å². The SMILES string of the molecule is CC(C)CSc1nnccc1CN. The van der Waals surface area contributed by atoms with Crippen molar-refractivity contribution in [2.75, 3.05) is 5.75 Å². The maximum Gasteiger partial charge on any atom is 0.123 e. The van der Waals surface area contributed by atoms with Crippen LogP contribution in [0.25, 0.3) is 0 Å². The van der Waals surface area contributed by atoms with Crippen molar-refractivity contribution in [1.82, 2.24) is 10.2 Å². The van der Waals surface area contributed by atoms with Gasteiger partial charge in [0.1, 0.15) is 5.03 Å². The molecule has 0 saturated heterocycles. The van der Waals surface area contributed by atoms with Crippen LogP contribution in [0.2, 0.25) is 0 Å². The van der Waals surface area contributed by atoms with Gasteiger partial charge in [-0.1, -0.05) is 13.8 Å². The van der Waals surface area contributed by atoms with Crippen LogP contribution in [0.3, 0.4) is 0 Å². The van der Waals surface area contributed by atoms with Gasteiger partial charge in [0.05, 0.1) is 0 Å². The first-order valence-electron chi connectivity index (χ1n) is 4.37. The summed E-state index contributed by atoms with van der Waals surface area (Å²) < 4.78 is 0. The average Bonchev–Trinajstić information content (AvgIpc) is 2.15. The van der Waals surface area contributed by atoms with Crippen LogP contribution in [0, 0.1) is 5.92 Å². The lowest BCUT2D eigenvalue weighted by Gasteiger charge is -2.06. The van der Waals surface area contributed by atoms with E-state index in [9.17, 15) is 0 Å². The molecule has 0 aliphatic carbocycles. The summed E-state index contributed by atoms with van der Waals surface area (Å²) in [4.78, 5) is 0. The van der Waals surface area contributed by atoms with Gasteiger partial charge in [0, 0.05) is 24.1 Å². The van der Waals surface area contributed by atoms with Gasteiger partial charge in [0.2, 0.25) is 0 Å². The van der Waals surface area contributed by atoms with Crippen LogP contribution in [0.1, 0.15) is 19.4 Å². The average molecular weight is 197 g/mol. The molecular weight excluding hydrogens is 182 g/mol. The number of hydrogen-bond donors (Lipinski definition) is 1. The molecule has 0 spiro atoms. The van der Waals surface area contributed by atoms with Crippen molar-refractivity contribution in [3.8, 4) is 0 Å². The first-order chi connectivity index (χ1) is 6.24. The van der Waals surface area contributed by atoms with E-state index in [4.69, 9.17) is 5.73 Å². The van der Waals surface area contributed by atoms with E-state index in [1.54, 1.807) is 18.0 Å². The van der Waals surface area contributed by atoms with E-state index in [1.807, 2.05) is 6.07 Å². The Morgan fingerprint density at radius 3 is 2.92 bits per heavy atom. The molecule has 0 fully saturated rings. The Bertz CT molecular complexity index is 263. The van der Waals surface area contributed by atoms with Gasteiger partial charge in [-0.05, 0) is 12.0 Å². The molecule has 1 aromatic heterocycles. The van der Waals surface area contributed by atoms with Crippen LogP contribution >= 0.6 is 11.8 Å². The van der Waals surface area contributed by atoms with Crippen molar-refractivity contribution in [2.45, 2.75) is 25.4 Å². The molecule has 0 aromatic carbocycles. The fourth-order valence-corrected chi connectivity index (χ4v) is 1.80. The standard InChI is InChI=1S/C9H15N3S/c1-7(2)6-13-9-8(5-10)3-4-11-12-9/h3-4,7H,5-6,10H2,1-2H3. The molecule has 2 N–H and O–H groups in total. The van der Waals surface area contributed by atoms with Crippen LogP contribution in [-0.4, -0.2) is 16.0 Å². The lowest BCUT2D eigenvalue weighted by molar-refractivity contribution is 0.747. The molecule has 72 valence electrons. The maximum absolute atomic E-state index is 5.58. The van der Waals surface area contributed by atoms with Crippen LogP contribution in [0.15, 0.2) is 17.3 Å². The molecule has 1 heterocycles. The maximum atomic E-state index is 5.58. The molecule has 1 rings (SSSR count). The second-order valence-electron chi connectivity index (χ2n) is 3.27. The van der Waals surface area contributed by atoms with E-state index >= 15 is 0 Å². The summed E-state index contributed by atoms with van der Waals surface area (Å²) in [5.74, 6) is 1.73. The van der Waals surface area contributed by atoms with Gasteiger partial charge in [-0.15, -0.1) is 16.9 Å². The van der Waals surface area contributed by atoms with Crippen molar-refractivity contribution in [3.05, 3.63) is 17.8 Å². The first-order valence-corrected chi connectivity index (χ1v) is 5.36. The van der Waals surface area contributed by atoms with Gasteiger partial charge < -0.3 is 5.73 Å². The highest BCUT2D eigenvalue weighted by Crippen LogP contribution is 2.20. The zero-order valence-electron chi connectivity index (χ0n) is 8.03. The number of thioether (sulfide) groups is 1. The van der Waals surface area contributed by atoms with Crippen LogP contribution in [0.4, 0.5) is 0 Å². The molecule has 1 aromatic rings. The van der Waals surface area contributed by atoms with E-state index in [0.29, 0.717) is 12.5 Å². The number of aromatic nitrogens is 2. The van der Waals surface area contributed by atoms with E-state index in [0.717, 1.165) is 16.3 Å². The molecule has 0 amide bonds. The number of hydrogen-bond acceptors (Lipinski definition) is 4. The molecule has 0 saturated carbocycles. The minimum Gasteiger partial charge on any atom is -0.326 e.